The first kappa shape index (κ1) is 39.3. The van der Waals surface area contributed by atoms with E-state index < -0.39 is 18.0 Å². The number of hydrogen-bond donors (Lipinski definition) is 5. The molecule has 0 aromatic carbocycles. The van der Waals surface area contributed by atoms with Crippen LogP contribution in [0, 0.1) is 0 Å². The van der Waals surface area contributed by atoms with Gasteiger partial charge >= 0.3 is 11.9 Å². The fourth-order valence-electron chi connectivity index (χ4n) is 4.29. The van der Waals surface area contributed by atoms with Gasteiger partial charge in [0.05, 0.1) is 19.8 Å². The number of amides is 3. The minimum Gasteiger partial charge on any atom is -0.481 e. The molecule has 0 rings (SSSR count). The van der Waals surface area contributed by atoms with E-state index in [1.807, 2.05) is 0 Å². The average molecular weight is 602 g/mol. The molecule has 244 valence electrons. The monoisotopic (exact) mass is 601 g/mol. The zero-order valence-corrected chi connectivity index (χ0v) is 25.6. The highest BCUT2D eigenvalue weighted by Crippen LogP contribution is 2.14. The second-order valence-electron chi connectivity index (χ2n) is 10.5. The van der Waals surface area contributed by atoms with E-state index in [4.69, 9.17) is 14.6 Å². The summed E-state index contributed by atoms with van der Waals surface area (Å²) in [5, 5.41) is 25.6. The molecular weight excluding hydrogens is 546 g/mol. The summed E-state index contributed by atoms with van der Waals surface area (Å²) in [7, 11) is 1.52. The van der Waals surface area contributed by atoms with Crippen molar-refractivity contribution in [2.75, 3.05) is 40.0 Å². The molecular formula is C30H55N3O9. The number of hydrogen-bond acceptors (Lipinski definition) is 7. The Morgan fingerprint density at radius 1 is 0.595 bits per heavy atom. The number of carboxylic acid groups (broad SMARTS) is 2. The Bertz CT molecular complexity index is 750. The molecule has 12 nitrogen and oxygen atoms in total. The van der Waals surface area contributed by atoms with Crippen molar-refractivity contribution < 1.29 is 43.7 Å². The number of carbonyl (C=O) groups is 5. The number of carboxylic acids is 2. The number of likely N-dealkylation sites (N-methyl/N-ethyl adjacent to an activating group) is 1. The molecule has 0 aromatic heterocycles. The maximum absolute atomic E-state index is 12.2. The van der Waals surface area contributed by atoms with Crippen LogP contribution < -0.4 is 16.0 Å². The predicted octanol–water partition coefficient (Wildman–Crippen LogP) is 3.56. The van der Waals surface area contributed by atoms with Crippen molar-refractivity contribution in [3.8, 4) is 0 Å². The van der Waals surface area contributed by atoms with Crippen molar-refractivity contribution in [1.29, 1.82) is 0 Å². The topological polar surface area (TPSA) is 180 Å². The molecule has 3 amide bonds. The molecule has 1 atom stereocenters. The number of aliphatic carboxylic acids is 2. The van der Waals surface area contributed by atoms with Crippen molar-refractivity contribution in [2.45, 2.75) is 122 Å². The Hall–Kier alpha value is -2.73. The van der Waals surface area contributed by atoms with E-state index in [9.17, 15) is 29.1 Å². The first-order chi connectivity index (χ1) is 20.3. The van der Waals surface area contributed by atoms with E-state index in [1.165, 1.54) is 52.0 Å². The molecule has 1 unspecified atom stereocenters. The van der Waals surface area contributed by atoms with Crippen molar-refractivity contribution in [3.05, 3.63) is 0 Å². The third-order valence-electron chi connectivity index (χ3n) is 6.79. The highest BCUT2D eigenvalue weighted by atomic mass is 16.5. The highest BCUT2D eigenvalue weighted by Gasteiger charge is 2.20. The summed E-state index contributed by atoms with van der Waals surface area (Å²) < 4.78 is 10.4. The van der Waals surface area contributed by atoms with E-state index in [0.29, 0.717) is 6.42 Å². The van der Waals surface area contributed by atoms with Crippen molar-refractivity contribution >= 4 is 29.7 Å². The zero-order chi connectivity index (χ0) is 31.3. The van der Waals surface area contributed by atoms with Gasteiger partial charge in [0.15, 0.2) is 0 Å². The van der Waals surface area contributed by atoms with Crippen LogP contribution in [0.5, 0.6) is 0 Å². The van der Waals surface area contributed by atoms with Crippen LogP contribution in [0.1, 0.15) is 116 Å². The van der Waals surface area contributed by atoms with Crippen LogP contribution in [0.2, 0.25) is 0 Å². The van der Waals surface area contributed by atoms with Gasteiger partial charge in [-0.15, -0.1) is 0 Å². The van der Waals surface area contributed by atoms with Crippen LogP contribution in [0.3, 0.4) is 0 Å². The molecule has 0 bridgehead atoms. The van der Waals surface area contributed by atoms with Crippen LogP contribution >= 0.6 is 0 Å². The summed E-state index contributed by atoms with van der Waals surface area (Å²) >= 11 is 0. The van der Waals surface area contributed by atoms with Crippen LogP contribution in [-0.2, 0) is 33.4 Å². The van der Waals surface area contributed by atoms with Crippen molar-refractivity contribution in [1.82, 2.24) is 16.0 Å². The summed E-state index contributed by atoms with van der Waals surface area (Å²) in [6, 6.07) is -1.10. The molecule has 0 aliphatic carbocycles. The summed E-state index contributed by atoms with van der Waals surface area (Å²) in [6.45, 7) is 1.01. The summed E-state index contributed by atoms with van der Waals surface area (Å²) in [5.41, 5.74) is 0. The Balaban J connectivity index is 3.66. The third-order valence-corrected chi connectivity index (χ3v) is 6.79. The standard InChI is InChI=1S/C30H55N3O9/c1-31-28(36)24-42-23-22-41-21-20-32-26(34)19-18-25(30(39)40)33-27(35)16-14-12-10-8-6-4-2-3-5-7-9-11-13-15-17-29(37)38/h25H,2-24H2,1H3,(H,31,36)(H,32,34)(H,33,35)(H,37,38)(H,39,40). The normalized spacial score (nSPS) is 11.5. The van der Waals surface area contributed by atoms with Gasteiger partial charge in [-0.1, -0.05) is 77.0 Å². The number of unbranched alkanes of at least 4 members (excludes halogenated alkanes) is 13. The molecule has 0 aliphatic heterocycles. The van der Waals surface area contributed by atoms with Gasteiger partial charge in [0, 0.05) is 32.9 Å². The van der Waals surface area contributed by atoms with Crippen LogP contribution in [0.4, 0.5) is 0 Å². The summed E-state index contributed by atoms with van der Waals surface area (Å²) in [6.07, 6.45) is 15.8. The Kier molecular flexibility index (Phi) is 26.5. The fourth-order valence-corrected chi connectivity index (χ4v) is 4.29. The third kappa shape index (κ3) is 27.4. The van der Waals surface area contributed by atoms with E-state index in [2.05, 4.69) is 16.0 Å². The number of carbonyl (C=O) groups excluding carboxylic acids is 3. The van der Waals surface area contributed by atoms with Gasteiger partial charge in [-0.2, -0.15) is 0 Å². The van der Waals surface area contributed by atoms with Crippen LogP contribution in [0.25, 0.3) is 0 Å². The second-order valence-corrected chi connectivity index (χ2v) is 10.5. The van der Waals surface area contributed by atoms with Gasteiger partial charge in [0.25, 0.3) is 0 Å². The van der Waals surface area contributed by atoms with E-state index in [-0.39, 0.29) is 76.4 Å². The quantitative estimate of drug-likeness (QED) is 0.0769. The second kappa shape index (κ2) is 28.4. The molecule has 0 heterocycles. The lowest BCUT2D eigenvalue weighted by Gasteiger charge is -2.14. The number of ether oxygens (including phenoxy) is 2. The summed E-state index contributed by atoms with van der Waals surface area (Å²) in [5.74, 6) is -2.72. The van der Waals surface area contributed by atoms with Gasteiger partial charge in [0.1, 0.15) is 12.6 Å². The fraction of sp³-hybridized carbons (Fsp3) is 0.833. The molecule has 0 saturated carbocycles. The SMILES string of the molecule is CNC(=O)COCCOCCNC(=O)CCC(NC(=O)CCCCCCCCCCCCCCCCC(=O)O)C(=O)O. The number of nitrogens with one attached hydrogen (secondary N) is 3. The van der Waals surface area contributed by atoms with Gasteiger partial charge in [0.2, 0.25) is 17.7 Å². The molecule has 42 heavy (non-hydrogen) atoms. The first-order valence-corrected chi connectivity index (χ1v) is 15.6. The Labute approximate surface area is 251 Å². The molecule has 5 N–H and O–H groups in total. The van der Waals surface area contributed by atoms with E-state index >= 15 is 0 Å². The molecule has 0 aliphatic rings. The van der Waals surface area contributed by atoms with E-state index in [0.717, 1.165) is 38.5 Å². The van der Waals surface area contributed by atoms with E-state index in [1.54, 1.807) is 0 Å². The molecule has 0 spiro atoms. The van der Waals surface area contributed by atoms with Crippen molar-refractivity contribution in [2.24, 2.45) is 0 Å². The average Bonchev–Trinajstić information content (AvgIpc) is 2.95. The smallest absolute Gasteiger partial charge is 0.326 e. The largest absolute Gasteiger partial charge is 0.481 e. The van der Waals surface area contributed by atoms with Crippen LogP contribution in [-0.4, -0.2) is 85.9 Å². The molecule has 0 aromatic rings. The minimum atomic E-state index is -1.16. The van der Waals surface area contributed by atoms with Crippen LogP contribution in [0.15, 0.2) is 0 Å². The van der Waals surface area contributed by atoms with Gasteiger partial charge in [-0.25, -0.2) is 4.79 Å². The number of rotatable bonds is 30. The Morgan fingerprint density at radius 2 is 1.10 bits per heavy atom. The maximum atomic E-state index is 12.2. The van der Waals surface area contributed by atoms with Gasteiger partial charge in [-0.05, 0) is 19.3 Å². The molecule has 12 heteroatoms. The molecule has 0 fully saturated rings. The zero-order valence-electron chi connectivity index (χ0n) is 25.6. The minimum absolute atomic E-state index is 0.00783. The molecule has 0 radical (unpaired) electrons. The molecule has 0 saturated heterocycles. The predicted molar refractivity (Wildman–Crippen MR) is 159 cm³/mol. The Morgan fingerprint density at radius 3 is 1.60 bits per heavy atom. The first-order valence-electron chi connectivity index (χ1n) is 15.6. The van der Waals surface area contributed by atoms with Gasteiger partial charge < -0.3 is 35.6 Å². The lowest BCUT2D eigenvalue weighted by atomic mass is 10.0. The summed E-state index contributed by atoms with van der Waals surface area (Å²) in [4.78, 5) is 57.1. The van der Waals surface area contributed by atoms with Crippen molar-refractivity contribution in [3.63, 3.8) is 0 Å². The highest BCUT2D eigenvalue weighted by molar-refractivity contribution is 5.84. The lowest BCUT2D eigenvalue weighted by Crippen LogP contribution is -2.41. The van der Waals surface area contributed by atoms with Gasteiger partial charge in [-0.3, -0.25) is 19.2 Å². The lowest BCUT2D eigenvalue weighted by molar-refractivity contribution is -0.142. The maximum Gasteiger partial charge on any atom is 0.326 e.